The number of fused-ring (bicyclic) bond motifs is 1. The van der Waals surface area contributed by atoms with Gasteiger partial charge in [0, 0.05) is 63.0 Å². The summed E-state index contributed by atoms with van der Waals surface area (Å²) in [6.45, 7) is 9.66. The number of carbonyl (C=O) groups is 1. The van der Waals surface area contributed by atoms with Gasteiger partial charge in [-0.2, -0.15) is 0 Å². The number of ether oxygens (including phenoxy) is 2. The van der Waals surface area contributed by atoms with Gasteiger partial charge in [-0.05, 0) is 61.8 Å². The lowest BCUT2D eigenvalue weighted by molar-refractivity contribution is 0.0892. The van der Waals surface area contributed by atoms with Crippen LogP contribution in [0.5, 0.6) is 5.75 Å². The average Bonchev–Trinajstić information content (AvgIpc) is 2.94. The summed E-state index contributed by atoms with van der Waals surface area (Å²) in [7, 11) is 5.09. The van der Waals surface area contributed by atoms with Crippen molar-refractivity contribution in [3.8, 4) is 5.75 Å². The third-order valence-electron chi connectivity index (χ3n) is 7.90. The third-order valence-corrected chi connectivity index (χ3v) is 7.90. The van der Waals surface area contributed by atoms with Crippen LogP contribution in [0, 0.1) is 18.3 Å². The predicted molar refractivity (Wildman–Crippen MR) is 159 cm³/mol. The summed E-state index contributed by atoms with van der Waals surface area (Å²) in [5.41, 5.74) is 5.58. The number of anilines is 2. The van der Waals surface area contributed by atoms with Gasteiger partial charge in [-0.25, -0.2) is 9.97 Å². The molecule has 1 saturated heterocycles. The lowest BCUT2D eigenvalue weighted by Crippen LogP contribution is -2.45. The first-order chi connectivity index (χ1) is 19.2. The van der Waals surface area contributed by atoms with E-state index < -0.39 is 0 Å². The Morgan fingerprint density at radius 3 is 2.62 bits per heavy atom. The van der Waals surface area contributed by atoms with Crippen molar-refractivity contribution in [2.24, 2.45) is 10.9 Å². The molecule has 1 unspecified atom stereocenters. The second kappa shape index (κ2) is 13.3. The molecular weight excluding hydrogens is 506 g/mol. The van der Waals surface area contributed by atoms with E-state index in [9.17, 15) is 4.79 Å². The first-order valence-corrected chi connectivity index (χ1v) is 14.1. The number of aliphatic imine (C=N–C) groups is 1. The van der Waals surface area contributed by atoms with Crippen molar-refractivity contribution in [1.29, 1.82) is 5.41 Å². The Kier molecular flexibility index (Phi) is 9.86. The molecule has 10 heteroatoms. The van der Waals surface area contributed by atoms with Crippen LogP contribution in [0.15, 0.2) is 23.3 Å². The molecule has 3 N–H and O–H groups in total. The molecule has 1 aromatic carbocycles. The van der Waals surface area contributed by atoms with Crippen LogP contribution in [0.4, 0.5) is 11.6 Å². The molecule has 0 radical (unpaired) electrons. The first kappa shape index (κ1) is 29.6. The molecule has 0 saturated carbocycles. The van der Waals surface area contributed by atoms with Crippen LogP contribution in [0.2, 0.25) is 0 Å². The molecule has 0 spiro atoms. The number of rotatable bonds is 10. The number of hydrogen-bond acceptors (Lipinski definition) is 9. The highest BCUT2D eigenvalue weighted by molar-refractivity contribution is 6.12. The molecule has 1 fully saturated rings. The molecule has 0 bridgehead atoms. The number of likely N-dealkylation sites (tertiary alicyclic amines) is 1. The molecular formula is C30H43N7O3. The Morgan fingerprint density at radius 1 is 1.23 bits per heavy atom. The van der Waals surface area contributed by atoms with Gasteiger partial charge in [-0.15, -0.1) is 0 Å². The summed E-state index contributed by atoms with van der Waals surface area (Å²) in [6, 6.07) is 3.82. The van der Waals surface area contributed by atoms with Crippen molar-refractivity contribution in [3.63, 3.8) is 0 Å². The van der Waals surface area contributed by atoms with Crippen molar-refractivity contribution in [3.05, 3.63) is 40.7 Å². The maximum Gasteiger partial charge on any atom is 0.251 e. The highest BCUT2D eigenvalue weighted by Gasteiger charge is 2.32. The number of nitrogens with one attached hydrogen (secondary N) is 3. The second-order valence-corrected chi connectivity index (χ2v) is 10.9. The number of hydrogen-bond donors (Lipinski definition) is 3. The van der Waals surface area contributed by atoms with Crippen LogP contribution in [0.1, 0.15) is 66.2 Å². The minimum Gasteiger partial charge on any atom is -0.495 e. The van der Waals surface area contributed by atoms with Crippen molar-refractivity contribution >= 4 is 29.0 Å². The molecule has 1 aliphatic carbocycles. The molecule has 2 aliphatic rings. The third kappa shape index (κ3) is 6.67. The number of aromatic nitrogens is 2. The standard InChI is InChI=1S/C30H43N7O3/c1-18(2)27(32-4)26-23(31)8-7-20-17-33-30(36-28(20)26)35-24-15-19(3)22(16-25(24)40-6)29(38)34-21-9-11-37(12-10-21)13-14-39-5/h15-18,21,26,31H,7-14H2,1-6H3,(H,34,38)(H,33,35,36). The molecule has 2 heterocycles. The van der Waals surface area contributed by atoms with E-state index in [1.165, 1.54) is 0 Å². The van der Waals surface area contributed by atoms with Crippen molar-refractivity contribution in [1.82, 2.24) is 20.2 Å². The van der Waals surface area contributed by atoms with E-state index in [2.05, 4.69) is 39.4 Å². The average molecular weight is 550 g/mol. The first-order valence-electron chi connectivity index (χ1n) is 14.1. The van der Waals surface area contributed by atoms with Gasteiger partial charge in [-0.1, -0.05) is 13.8 Å². The number of carbonyl (C=O) groups excluding carboxylic acids is 1. The van der Waals surface area contributed by atoms with E-state index in [-0.39, 0.29) is 23.8 Å². The van der Waals surface area contributed by atoms with E-state index in [0.29, 0.717) is 35.1 Å². The highest BCUT2D eigenvalue weighted by Crippen LogP contribution is 2.34. The number of nitrogens with zero attached hydrogens (tertiary/aromatic N) is 4. The minimum atomic E-state index is -0.237. The fourth-order valence-corrected chi connectivity index (χ4v) is 5.64. The SMILES string of the molecule is CN=C(C(C)C)C1C(=N)CCc2cnc(Nc3cc(C)c(C(=O)NC4CCN(CCOC)CC4)cc3OC)nc21. The molecule has 10 nitrogen and oxygen atoms in total. The summed E-state index contributed by atoms with van der Waals surface area (Å²) < 4.78 is 10.9. The zero-order valence-corrected chi connectivity index (χ0v) is 24.6. The van der Waals surface area contributed by atoms with Crippen LogP contribution in [0.25, 0.3) is 0 Å². The van der Waals surface area contributed by atoms with Crippen LogP contribution >= 0.6 is 0 Å². The molecule has 2 aromatic rings. The van der Waals surface area contributed by atoms with Gasteiger partial charge >= 0.3 is 0 Å². The summed E-state index contributed by atoms with van der Waals surface area (Å²) in [4.78, 5) is 29.5. The Balaban J connectivity index is 1.51. The topological polar surface area (TPSA) is 125 Å². The molecule has 40 heavy (non-hydrogen) atoms. The summed E-state index contributed by atoms with van der Waals surface area (Å²) in [5.74, 6) is 0.835. The maximum absolute atomic E-state index is 13.2. The fourth-order valence-electron chi connectivity index (χ4n) is 5.64. The lowest BCUT2D eigenvalue weighted by atomic mass is 9.79. The number of aryl methyl sites for hydroxylation is 2. The lowest BCUT2D eigenvalue weighted by Gasteiger charge is -2.32. The number of methoxy groups -OCH3 is 2. The Hall–Kier alpha value is -3.37. The Morgan fingerprint density at radius 2 is 1.98 bits per heavy atom. The zero-order valence-electron chi connectivity index (χ0n) is 24.6. The summed E-state index contributed by atoms with van der Waals surface area (Å²) in [6.07, 6.45) is 5.11. The molecule has 216 valence electrons. The van der Waals surface area contributed by atoms with Gasteiger partial charge < -0.3 is 30.4 Å². The van der Waals surface area contributed by atoms with Gasteiger partial charge in [0.2, 0.25) is 5.95 Å². The molecule has 1 aromatic heterocycles. The molecule has 1 aliphatic heterocycles. The number of amides is 1. The zero-order chi connectivity index (χ0) is 28.8. The predicted octanol–water partition coefficient (Wildman–Crippen LogP) is 4.15. The van der Waals surface area contributed by atoms with Gasteiger partial charge in [0.25, 0.3) is 5.91 Å². The number of benzene rings is 1. The largest absolute Gasteiger partial charge is 0.495 e. The highest BCUT2D eigenvalue weighted by atomic mass is 16.5. The maximum atomic E-state index is 13.2. The molecule has 1 atom stereocenters. The van der Waals surface area contributed by atoms with Gasteiger partial charge in [0.05, 0.1) is 31.0 Å². The van der Waals surface area contributed by atoms with Crippen molar-refractivity contribution < 1.29 is 14.3 Å². The van der Waals surface area contributed by atoms with Crippen LogP contribution in [-0.2, 0) is 11.2 Å². The van der Waals surface area contributed by atoms with Gasteiger partial charge in [0.15, 0.2) is 0 Å². The van der Waals surface area contributed by atoms with E-state index >= 15 is 0 Å². The van der Waals surface area contributed by atoms with Crippen molar-refractivity contribution in [2.75, 3.05) is 52.8 Å². The number of piperidine rings is 1. The van der Waals surface area contributed by atoms with E-state index in [1.54, 1.807) is 27.3 Å². The quantitative estimate of drug-likeness (QED) is 0.380. The van der Waals surface area contributed by atoms with Gasteiger partial charge in [-0.3, -0.25) is 9.79 Å². The summed E-state index contributed by atoms with van der Waals surface area (Å²) in [5, 5.41) is 15.2. The van der Waals surface area contributed by atoms with Gasteiger partial charge in [0.1, 0.15) is 5.75 Å². The van der Waals surface area contributed by atoms with E-state index in [4.69, 9.17) is 19.9 Å². The minimum absolute atomic E-state index is 0.0934. The Bertz CT molecular complexity index is 1250. The van der Waals surface area contributed by atoms with E-state index in [1.807, 2.05) is 19.2 Å². The second-order valence-electron chi connectivity index (χ2n) is 10.9. The van der Waals surface area contributed by atoms with Crippen LogP contribution in [0.3, 0.4) is 0 Å². The van der Waals surface area contributed by atoms with Crippen molar-refractivity contribution in [2.45, 2.75) is 58.4 Å². The van der Waals surface area contributed by atoms with Crippen LogP contribution < -0.4 is 15.4 Å². The molecule has 4 rings (SSSR count). The van der Waals surface area contributed by atoms with E-state index in [0.717, 1.165) is 68.0 Å². The van der Waals surface area contributed by atoms with Crippen LogP contribution in [-0.4, -0.2) is 85.7 Å². The monoisotopic (exact) mass is 549 g/mol. The summed E-state index contributed by atoms with van der Waals surface area (Å²) >= 11 is 0. The fraction of sp³-hybridized carbons (Fsp3) is 0.567. The normalized spacial score (nSPS) is 18.5. The molecule has 1 amide bonds. The Labute approximate surface area is 237 Å². The smallest absolute Gasteiger partial charge is 0.251 e.